The van der Waals surface area contributed by atoms with Crippen molar-refractivity contribution in [2.75, 3.05) is 34.0 Å². The molecule has 1 amide bonds. The first kappa shape index (κ1) is 45.1. The molecule has 0 aliphatic heterocycles. The van der Waals surface area contributed by atoms with E-state index < -0.39 is 25.6 Å². The Balaban J connectivity index is 0.000000240. The number of nitrogens with one attached hydrogen (secondary N) is 1. The van der Waals surface area contributed by atoms with E-state index in [1.165, 1.54) is 12.1 Å². The van der Waals surface area contributed by atoms with Crippen molar-refractivity contribution < 1.29 is 31.5 Å². The van der Waals surface area contributed by atoms with Crippen LogP contribution in [-0.2, 0) is 42.1 Å². The molecule has 0 radical (unpaired) electrons. The molecule has 2 aliphatic rings. The second-order valence-electron chi connectivity index (χ2n) is 12.8. The average molecular weight is 950 g/mol. The Morgan fingerprint density at radius 1 is 0.667 bits per heavy atom. The molecule has 0 spiro atoms. The largest absolute Gasteiger partial charge is 0.481 e. The molecule has 2 fully saturated rings. The van der Waals surface area contributed by atoms with Gasteiger partial charge in [-0.05, 0) is 129 Å². The predicted octanol–water partition coefficient (Wildman–Crippen LogP) is 8.45. The predicted molar refractivity (Wildman–Crippen MR) is 224 cm³/mol. The summed E-state index contributed by atoms with van der Waals surface area (Å²) in [6.07, 6.45) is 4.00. The second-order valence-corrected chi connectivity index (χ2v) is 19.4. The molecule has 4 aromatic carbocycles. The van der Waals surface area contributed by atoms with Gasteiger partial charge in [0, 0.05) is 8.95 Å². The van der Waals surface area contributed by atoms with E-state index in [-0.39, 0.29) is 37.7 Å². The van der Waals surface area contributed by atoms with Crippen LogP contribution in [-0.4, -0.2) is 45.3 Å². The van der Waals surface area contributed by atoms with Crippen LogP contribution in [0.3, 0.4) is 0 Å². The quantitative estimate of drug-likeness (QED) is 0.0905. The van der Waals surface area contributed by atoms with Crippen molar-refractivity contribution in [1.82, 2.24) is 0 Å². The van der Waals surface area contributed by atoms with Crippen LogP contribution in [0, 0.1) is 11.8 Å². The van der Waals surface area contributed by atoms with Gasteiger partial charge in [0.25, 0.3) is 0 Å². The number of carbonyl (C=O) groups excluding carboxylic acids is 1. The minimum atomic E-state index is -3.24. The van der Waals surface area contributed by atoms with Crippen LogP contribution < -0.4 is 22.5 Å². The number of benzene rings is 4. The van der Waals surface area contributed by atoms with E-state index in [9.17, 15) is 26.4 Å². The fourth-order valence-corrected chi connectivity index (χ4v) is 9.26. The third-order valence-corrected chi connectivity index (χ3v) is 14.3. The first-order valence-electron chi connectivity index (χ1n) is 16.2. The van der Waals surface area contributed by atoms with Crippen molar-refractivity contribution in [3.63, 3.8) is 0 Å². The summed E-state index contributed by atoms with van der Waals surface area (Å²) in [5, 5.41) is 12.4. The van der Waals surface area contributed by atoms with Crippen LogP contribution in [0.1, 0.15) is 44.2 Å². The SMILES string of the molecule is C.Nc1cc(Cl)c(Br)cc1N.Nc1cc(Cl)c(Br)cc1NC(=O)Cc1ccc(S(=O)(=O)CC2CC2)cc1.O=C(O)Cc1ccc(S(=O)(=O)CC2CC2)cc1. The Morgan fingerprint density at radius 2 is 1.06 bits per heavy atom. The van der Waals surface area contributed by atoms with Crippen LogP contribution in [0.15, 0.2) is 91.5 Å². The minimum Gasteiger partial charge on any atom is -0.481 e. The first-order chi connectivity index (χ1) is 24.8. The van der Waals surface area contributed by atoms with Gasteiger partial charge in [-0.15, -0.1) is 0 Å². The number of nitrogens with two attached hydrogens (primary N) is 3. The van der Waals surface area contributed by atoms with Crippen molar-refractivity contribution >= 4 is 109 Å². The number of anilines is 4. The highest BCUT2D eigenvalue weighted by molar-refractivity contribution is 9.10. The van der Waals surface area contributed by atoms with Crippen LogP contribution in [0.5, 0.6) is 0 Å². The standard InChI is InChI=1S/C18H18BrClN2O3S.C12H14O4S.C6H6BrClN2.CH4/c19-14-8-17(16(21)9-15(14)20)22-18(23)7-11-3-5-13(6-4-11)26(24,25)10-12-1-2-12;13-12(14)7-9-3-5-11(6-4-9)17(15,16)8-10-1-2-10;7-3-1-5(9)6(10)2-4(3)8;/h3-6,8-9,12H,1-2,7,10,21H2,(H,22,23);3-6,10H,1-2,7-8H2,(H,13,14);1-2H,9-10H2;1H4. The van der Waals surface area contributed by atoms with E-state index in [1.807, 2.05) is 0 Å². The summed E-state index contributed by atoms with van der Waals surface area (Å²) < 4.78 is 49.7. The molecule has 4 aromatic rings. The molecule has 0 saturated heterocycles. The number of hydrogen-bond acceptors (Lipinski definition) is 9. The number of carbonyl (C=O) groups is 2. The fraction of sp³-hybridized carbons (Fsp3) is 0.297. The topological polar surface area (TPSA) is 213 Å². The number of hydrogen-bond donors (Lipinski definition) is 5. The Labute approximate surface area is 343 Å². The van der Waals surface area contributed by atoms with Crippen molar-refractivity contribution in [1.29, 1.82) is 0 Å². The summed E-state index contributed by atoms with van der Waals surface area (Å²) in [4.78, 5) is 23.3. The summed E-state index contributed by atoms with van der Waals surface area (Å²) in [6, 6.07) is 19.1. The molecule has 17 heteroatoms. The van der Waals surface area contributed by atoms with E-state index in [1.54, 1.807) is 60.7 Å². The Morgan fingerprint density at radius 3 is 1.46 bits per heavy atom. The highest BCUT2D eigenvalue weighted by Gasteiger charge is 2.30. The fourth-order valence-electron chi connectivity index (χ4n) is 4.81. The lowest BCUT2D eigenvalue weighted by molar-refractivity contribution is -0.136. The van der Waals surface area contributed by atoms with E-state index in [4.69, 9.17) is 45.5 Å². The lowest BCUT2D eigenvalue weighted by Gasteiger charge is -2.10. The number of sulfone groups is 2. The molecule has 11 nitrogen and oxygen atoms in total. The number of rotatable bonds is 11. The van der Waals surface area contributed by atoms with Gasteiger partial charge in [0.1, 0.15) is 0 Å². The summed E-state index contributed by atoms with van der Waals surface area (Å²) in [7, 11) is -6.43. The molecule has 2 aliphatic carbocycles. The number of carboxylic acid groups (broad SMARTS) is 1. The number of nitrogen functional groups attached to an aromatic ring is 3. The van der Waals surface area contributed by atoms with Crippen molar-refractivity contribution in [2.24, 2.45) is 11.8 Å². The molecule has 6 rings (SSSR count). The van der Waals surface area contributed by atoms with Gasteiger partial charge >= 0.3 is 5.97 Å². The number of carboxylic acids is 1. The van der Waals surface area contributed by atoms with Gasteiger partial charge in [0.05, 0.1) is 66.9 Å². The Kier molecular flexibility index (Phi) is 16.3. The molecule has 0 heterocycles. The Bertz CT molecular complexity index is 2130. The van der Waals surface area contributed by atoms with Crippen molar-refractivity contribution in [3.05, 3.63) is 103 Å². The maximum Gasteiger partial charge on any atom is 0.307 e. The normalized spacial score (nSPS) is 13.6. The van der Waals surface area contributed by atoms with E-state index >= 15 is 0 Å². The zero-order chi connectivity index (χ0) is 39.1. The number of aliphatic carboxylic acids is 1. The van der Waals surface area contributed by atoms with Crippen LogP contribution in [0.25, 0.3) is 0 Å². The van der Waals surface area contributed by atoms with Gasteiger partial charge in [-0.3, -0.25) is 9.59 Å². The van der Waals surface area contributed by atoms with Gasteiger partial charge in [-0.2, -0.15) is 0 Å². The molecule has 0 atom stereocenters. The monoisotopic (exact) mass is 946 g/mol. The molecule has 292 valence electrons. The van der Waals surface area contributed by atoms with Gasteiger partial charge in [-0.25, -0.2) is 16.8 Å². The van der Waals surface area contributed by atoms with Crippen LogP contribution in [0.2, 0.25) is 10.0 Å². The van der Waals surface area contributed by atoms with Gasteiger partial charge < -0.3 is 27.6 Å². The third kappa shape index (κ3) is 14.1. The molecule has 0 unspecified atom stereocenters. The summed E-state index contributed by atoms with van der Waals surface area (Å²) in [5.74, 6) is -0.130. The van der Waals surface area contributed by atoms with Gasteiger partial charge in [0.2, 0.25) is 5.91 Å². The number of amides is 1. The molecule has 2 saturated carbocycles. The molecule has 8 N–H and O–H groups in total. The summed E-state index contributed by atoms with van der Waals surface area (Å²) in [5.41, 5.74) is 20.0. The average Bonchev–Trinajstić information content (AvgIpc) is 4.02. The lowest BCUT2D eigenvalue weighted by Crippen LogP contribution is -2.15. The highest BCUT2D eigenvalue weighted by atomic mass is 79.9. The van der Waals surface area contributed by atoms with E-state index in [0.29, 0.717) is 64.5 Å². The molecule has 0 bridgehead atoms. The third-order valence-electron chi connectivity index (χ3n) is 8.08. The van der Waals surface area contributed by atoms with Gasteiger partial charge in [-0.1, -0.05) is 54.9 Å². The molecular formula is C37H42Br2Cl2N4O7S2. The summed E-state index contributed by atoms with van der Waals surface area (Å²) >= 11 is 18.2. The summed E-state index contributed by atoms with van der Waals surface area (Å²) in [6.45, 7) is 0. The van der Waals surface area contributed by atoms with E-state index in [2.05, 4.69) is 37.2 Å². The second kappa shape index (κ2) is 19.5. The minimum absolute atomic E-state index is 0. The highest BCUT2D eigenvalue weighted by Crippen LogP contribution is 2.34. The Hall–Kier alpha value is -3.34. The van der Waals surface area contributed by atoms with Crippen LogP contribution >= 0.6 is 55.1 Å². The van der Waals surface area contributed by atoms with Crippen molar-refractivity contribution in [3.8, 4) is 0 Å². The maximum absolute atomic E-state index is 12.2. The zero-order valence-corrected chi connectivity index (χ0v) is 34.5. The van der Waals surface area contributed by atoms with Crippen LogP contribution in [0.4, 0.5) is 22.7 Å². The van der Waals surface area contributed by atoms with Gasteiger partial charge in [0.15, 0.2) is 19.7 Å². The smallest absolute Gasteiger partial charge is 0.307 e. The molecular weight excluding hydrogens is 907 g/mol. The molecule has 0 aromatic heterocycles. The number of halogens is 4. The maximum atomic E-state index is 12.2. The first-order valence-corrected chi connectivity index (χ1v) is 21.9. The lowest BCUT2D eigenvalue weighted by atomic mass is 10.1. The molecule has 54 heavy (non-hydrogen) atoms. The zero-order valence-electron chi connectivity index (χ0n) is 28.2. The van der Waals surface area contributed by atoms with Crippen molar-refractivity contribution in [2.45, 2.75) is 55.7 Å². The van der Waals surface area contributed by atoms with E-state index in [0.717, 1.165) is 35.7 Å².